The van der Waals surface area contributed by atoms with Crippen LogP contribution >= 0.6 is 0 Å². The third kappa shape index (κ3) is 1.17. The molecule has 1 nitrogen and oxygen atoms in total. The maximum Gasteiger partial charge on any atom is 0.120 e. The number of aliphatic hydroxyl groups excluding tert-OH is 1. The zero-order valence-corrected chi connectivity index (χ0v) is 6.43. The number of hydrogen-bond acceptors (Lipinski definition) is 1. The van der Waals surface area contributed by atoms with Crippen molar-refractivity contribution in [3.63, 3.8) is 0 Å². The van der Waals surface area contributed by atoms with E-state index >= 15 is 0 Å². The van der Waals surface area contributed by atoms with Gasteiger partial charge in [0.15, 0.2) is 0 Å². The van der Waals surface area contributed by atoms with E-state index < -0.39 is 6.10 Å². The highest BCUT2D eigenvalue weighted by Gasteiger charge is 2.47. The average molecular weight is 138 g/mol. The van der Waals surface area contributed by atoms with Gasteiger partial charge in [0.05, 0.1) is 0 Å². The molecule has 1 aliphatic rings. The van der Waals surface area contributed by atoms with Crippen LogP contribution in [0.1, 0.15) is 32.6 Å². The monoisotopic (exact) mass is 138 g/mol. The quantitative estimate of drug-likeness (QED) is 0.587. The van der Waals surface area contributed by atoms with Crippen molar-refractivity contribution in [3.05, 3.63) is 0 Å². The fourth-order valence-electron chi connectivity index (χ4n) is 1.50. The number of aliphatic hydroxyl groups is 1. The number of hydrogen-bond donors (Lipinski definition) is 1. The summed E-state index contributed by atoms with van der Waals surface area (Å²) in [5.41, 5.74) is 0.128. The van der Waals surface area contributed by atoms with Gasteiger partial charge < -0.3 is 5.11 Å². The molecular weight excluding hydrogens is 124 g/mol. The molecule has 1 aliphatic carbocycles. The lowest BCUT2D eigenvalue weighted by molar-refractivity contribution is 0.139. The molecule has 1 N–H and O–H groups in total. The molecule has 56 valence electrons. The minimum Gasteiger partial charge on any atom is -0.380 e. The van der Waals surface area contributed by atoms with Crippen LogP contribution in [0.5, 0.6) is 0 Å². The minimum atomic E-state index is -0.493. The van der Waals surface area contributed by atoms with Crippen molar-refractivity contribution in [3.8, 4) is 12.3 Å². The Labute approximate surface area is 62.4 Å². The van der Waals surface area contributed by atoms with E-state index in [4.69, 9.17) is 6.42 Å². The summed E-state index contributed by atoms with van der Waals surface area (Å²) in [6.45, 7) is 2.13. The van der Waals surface area contributed by atoms with Crippen LogP contribution in [0.4, 0.5) is 0 Å². The molecule has 10 heavy (non-hydrogen) atoms. The molecule has 1 heteroatoms. The molecular formula is C9H14O. The normalized spacial score (nSPS) is 23.3. The highest BCUT2D eigenvalue weighted by atomic mass is 16.3. The molecule has 0 amide bonds. The van der Waals surface area contributed by atoms with E-state index in [9.17, 15) is 5.11 Å². The smallest absolute Gasteiger partial charge is 0.120 e. The van der Waals surface area contributed by atoms with Gasteiger partial charge in [0.25, 0.3) is 0 Å². The third-order valence-corrected chi connectivity index (χ3v) is 2.38. The molecule has 1 atom stereocenters. The number of rotatable bonds is 3. The molecule has 1 unspecified atom stereocenters. The Kier molecular flexibility index (Phi) is 2.01. The molecule has 1 rings (SSSR count). The van der Waals surface area contributed by atoms with Crippen LogP contribution in [0.15, 0.2) is 0 Å². The molecule has 0 spiro atoms. The van der Waals surface area contributed by atoms with E-state index in [0.29, 0.717) is 0 Å². The SMILES string of the molecule is C#CC(O)C1(CCC)CC1. The Bertz CT molecular complexity index is 151. The van der Waals surface area contributed by atoms with Crippen molar-refractivity contribution in [1.82, 2.24) is 0 Å². The second-order valence-corrected chi connectivity index (χ2v) is 3.18. The van der Waals surface area contributed by atoms with Crippen LogP contribution in [0.3, 0.4) is 0 Å². The number of terminal acetylenes is 1. The summed E-state index contributed by atoms with van der Waals surface area (Å²) in [4.78, 5) is 0. The summed E-state index contributed by atoms with van der Waals surface area (Å²) in [6, 6.07) is 0. The average Bonchev–Trinajstić information content (AvgIpc) is 2.69. The molecule has 0 saturated heterocycles. The van der Waals surface area contributed by atoms with Crippen LogP contribution in [-0.4, -0.2) is 11.2 Å². The van der Waals surface area contributed by atoms with Gasteiger partial charge in [0.2, 0.25) is 0 Å². The van der Waals surface area contributed by atoms with Gasteiger partial charge in [0.1, 0.15) is 6.10 Å². The highest BCUT2D eigenvalue weighted by molar-refractivity contribution is 5.10. The van der Waals surface area contributed by atoms with E-state index in [1.54, 1.807) is 0 Å². The Morgan fingerprint density at radius 3 is 2.60 bits per heavy atom. The second kappa shape index (κ2) is 2.64. The van der Waals surface area contributed by atoms with Crippen LogP contribution in [0.2, 0.25) is 0 Å². The first kappa shape index (κ1) is 7.63. The van der Waals surface area contributed by atoms with Crippen molar-refractivity contribution in [2.24, 2.45) is 5.41 Å². The predicted molar refractivity (Wildman–Crippen MR) is 41.4 cm³/mol. The second-order valence-electron chi connectivity index (χ2n) is 3.18. The third-order valence-electron chi connectivity index (χ3n) is 2.38. The summed E-state index contributed by atoms with van der Waals surface area (Å²) >= 11 is 0. The summed E-state index contributed by atoms with van der Waals surface area (Å²) in [7, 11) is 0. The molecule has 0 bridgehead atoms. The van der Waals surface area contributed by atoms with Crippen molar-refractivity contribution in [1.29, 1.82) is 0 Å². The van der Waals surface area contributed by atoms with Gasteiger partial charge in [0, 0.05) is 5.41 Å². The molecule has 0 heterocycles. The van der Waals surface area contributed by atoms with Crippen LogP contribution in [0.25, 0.3) is 0 Å². The first-order valence-corrected chi connectivity index (χ1v) is 3.89. The summed E-state index contributed by atoms with van der Waals surface area (Å²) < 4.78 is 0. The lowest BCUT2D eigenvalue weighted by Gasteiger charge is -2.15. The summed E-state index contributed by atoms with van der Waals surface area (Å²) in [5, 5.41) is 9.34. The molecule has 0 radical (unpaired) electrons. The van der Waals surface area contributed by atoms with E-state index in [1.807, 2.05) is 0 Å². The molecule has 0 aromatic heterocycles. The zero-order valence-electron chi connectivity index (χ0n) is 6.43. The van der Waals surface area contributed by atoms with Gasteiger partial charge in [-0.05, 0) is 19.3 Å². The van der Waals surface area contributed by atoms with Crippen molar-refractivity contribution in [2.45, 2.75) is 38.7 Å². The lowest BCUT2D eigenvalue weighted by atomic mass is 9.94. The van der Waals surface area contributed by atoms with Crippen molar-refractivity contribution < 1.29 is 5.11 Å². The molecule has 1 saturated carbocycles. The van der Waals surface area contributed by atoms with Crippen LogP contribution < -0.4 is 0 Å². The Balaban J connectivity index is 2.45. The zero-order chi connectivity index (χ0) is 7.61. The molecule has 0 aromatic carbocycles. The molecule has 1 fully saturated rings. The van der Waals surface area contributed by atoms with Gasteiger partial charge in [-0.2, -0.15) is 0 Å². The maximum absolute atomic E-state index is 9.34. The van der Waals surface area contributed by atoms with Gasteiger partial charge >= 0.3 is 0 Å². The maximum atomic E-state index is 9.34. The van der Waals surface area contributed by atoms with E-state index in [1.165, 1.54) is 0 Å². The van der Waals surface area contributed by atoms with Crippen molar-refractivity contribution >= 4 is 0 Å². The largest absolute Gasteiger partial charge is 0.380 e. The van der Waals surface area contributed by atoms with Gasteiger partial charge in [-0.3, -0.25) is 0 Å². The van der Waals surface area contributed by atoms with Crippen molar-refractivity contribution in [2.75, 3.05) is 0 Å². The van der Waals surface area contributed by atoms with Gasteiger partial charge in [-0.15, -0.1) is 6.42 Å². The van der Waals surface area contributed by atoms with E-state index in [-0.39, 0.29) is 5.41 Å². The highest BCUT2D eigenvalue weighted by Crippen LogP contribution is 2.52. The van der Waals surface area contributed by atoms with Crippen LogP contribution in [0, 0.1) is 17.8 Å². The molecule has 0 aromatic rings. The van der Waals surface area contributed by atoms with E-state index in [0.717, 1.165) is 25.7 Å². The Morgan fingerprint density at radius 2 is 2.30 bits per heavy atom. The fourth-order valence-corrected chi connectivity index (χ4v) is 1.50. The standard InChI is InChI=1S/C9H14O/c1-3-5-9(6-7-9)8(10)4-2/h2,8,10H,3,5-7H2,1H3. The minimum absolute atomic E-state index is 0.128. The van der Waals surface area contributed by atoms with E-state index in [2.05, 4.69) is 12.8 Å². The lowest BCUT2D eigenvalue weighted by Crippen LogP contribution is -2.19. The topological polar surface area (TPSA) is 20.2 Å². The first-order valence-electron chi connectivity index (χ1n) is 3.89. The predicted octanol–water partition coefficient (Wildman–Crippen LogP) is 1.56. The van der Waals surface area contributed by atoms with Gasteiger partial charge in [-0.1, -0.05) is 19.3 Å². The summed E-state index contributed by atoms with van der Waals surface area (Å²) in [6.07, 6.45) is 9.08. The molecule has 0 aliphatic heterocycles. The Hall–Kier alpha value is -0.480. The summed E-state index contributed by atoms with van der Waals surface area (Å²) in [5.74, 6) is 2.41. The van der Waals surface area contributed by atoms with Crippen LogP contribution in [-0.2, 0) is 0 Å². The Morgan fingerprint density at radius 1 is 1.70 bits per heavy atom. The first-order chi connectivity index (χ1) is 4.75. The van der Waals surface area contributed by atoms with Gasteiger partial charge in [-0.25, -0.2) is 0 Å². The fraction of sp³-hybridized carbons (Fsp3) is 0.778.